The van der Waals surface area contributed by atoms with Gasteiger partial charge in [-0.05, 0) is 18.3 Å². The summed E-state index contributed by atoms with van der Waals surface area (Å²) in [6.45, 7) is 4.59. The van der Waals surface area contributed by atoms with Crippen molar-refractivity contribution in [2.24, 2.45) is 11.8 Å². The number of hydrogen-bond acceptors (Lipinski definition) is 2. The van der Waals surface area contributed by atoms with Crippen LogP contribution in [-0.4, -0.2) is 23.8 Å². The van der Waals surface area contributed by atoms with E-state index >= 15 is 0 Å². The number of rotatable bonds is 6. The van der Waals surface area contributed by atoms with Crippen LogP contribution in [0.2, 0.25) is 0 Å². The van der Waals surface area contributed by atoms with Crippen molar-refractivity contribution in [1.82, 2.24) is 0 Å². The number of ether oxygens (including phenoxy) is 1. The second kappa shape index (κ2) is 4.61. The van der Waals surface area contributed by atoms with Crippen molar-refractivity contribution in [2.45, 2.75) is 39.2 Å². The fourth-order valence-electron chi connectivity index (χ4n) is 1.21. The van der Waals surface area contributed by atoms with Crippen molar-refractivity contribution in [3.05, 3.63) is 0 Å². The van der Waals surface area contributed by atoms with E-state index in [0.717, 1.165) is 0 Å². The van der Waals surface area contributed by atoms with E-state index in [9.17, 15) is 4.79 Å². The van der Waals surface area contributed by atoms with Crippen LogP contribution in [0.4, 0.5) is 0 Å². The van der Waals surface area contributed by atoms with Gasteiger partial charge >= 0.3 is 5.97 Å². The monoisotopic (exact) mass is 186 g/mol. The maximum atomic E-state index is 10.8. The molecular formula is C10H18O3. The Morgan fingerprint density at radius 3 is 2.54 bits per heavy atom. The first-order chi connectivity index (χ1) is 6.09. The quantitative estimate of drug-likeness (QED) is 0.689. The Labute approximate surface area is 79.1 Å². The fraction of sp³-hybridized carbons (Fsp3) is 0.900. The molecule has 1 saturated carbocycles. The number of hydrogen-bond donors (Lipinski definition) is 1. The minimum atomic E-state index is -0.812. The van der Waals surface area contributed by atoms with E-state index in [-0.39, 0.29) is 0 Å². The average molecular weight is 186 g/mol. The predicted octanol–water partition coefficient (Wildman–Crippen LogP) is 1.91. The Balaban J connectivity index is 2.24. The largest absolute Gasteiger partial charge is 0.479 e. The molecule has 1 unspecified atom stereocenters. The van der Waals surface area contributed by atoms with Crippen LogP contribution < -0.4 is 0 Å². The van der Waals surface area contributed by atoms with E-state index in [1.807, 2.05) is 13.8 Å². The Kier molecular flexibility index (Phi) is 3.72. The number of carboxylic acid groups (broad SMARTS) is 1. The third-order valence-electron chi connectivity index (χ3n) is 2.15. The van der Waals surface area contributed by atoms with Crippen molar-refractivity contribution in [3.63, 3.8) is 0 Å². The van der Waals surface area contributed by atoms with Crippen LogP contribution in [0.15, 0.2) is 0 Å². The summed E-state index contributed by atoms with van der Waals surface area (Å²) >= 11 is 0. The fourth-order valence-corrected chi connectivity index (χ4v) is 1.21. The minimum Gasteiger partial charge on any atom is -0.479 e. The Bertz CT molecular complexity index is 173. The molecule has 0 aromatic carbocycles. The topological polar surface area (TPSA) is 46.5 Å². The van der Waals surface area contributed by atoms with Crippen LogP contribution in [0.1, 0.15) is 33.1 Å². The zero-order valence-corrected chi connectivity index (χ0v) is 8.32. The summed E-state index contributed by atoms with van der Waals surface area (Å²) in [6.07, 6.45) is 2.47. The van der Waals surface area contributed by atoms with Crippen molar-refractivity contribution in [2.75, 3.05) is 6.61 Å². The van der Waals surface area contributed by atoms with Gasteiger partial charge in [-0.2, -0.15) is 0 Å². The highest BCUT2D eigenvalue weighted by atomic mass is 16.5. The third kappa shape index (κ3) is 4.27. The van der Waals surface area contributed by atoms with E-state index in [4.69, 9.17) is 9.84 Å². The van der Waals surface area contributed by atoms with Gasteiger partial charge in [0.1, 0.15) is 0 Å². The highest BCUT2D eigenvalue weighted by Crippen LogP contribution is 2.34. The van der Waals surface area contributed by atoms with Crippen molar-refractivity contribution >= 4 is 5.97 Å². The normalized spacial score (nSPS) is 19.0. The molecule has 0 amide bonds. The van der Waals surface area contributed by atoms with E-state index in [1.54, 1.807) is 0 Å². The summed E-state index contributed by atoms with van der Waals surface area (Å²) in [4.78, 5) is 10.8. The van der Waals surface area contributed by atoms with Gasteiger partial charge in [0.2, 0.25) is 0 Å². The SMILES string of the molecule is CC(C)COC(CC1CC1)C(=O)O. The first kappa shape index (κ1) is 10.5. The van der Waals surface area contributed by atoms with Crippen molar-refractivity contribution in [1.29, 1.82) is 0 Å². The van der Waals surface area contributed by atoms with Gasteiger partial charge in [-0.15, -0.1) is 0 Å². The third-order valence-corrected chi connectivity index (χ3v) is 2.15. The number of carboxylic acids is 1. The second-order valence-electron chi connectivity index (χ2n) is 4.23. The molecule has 0 aromatic heterocycles. The molecule has 1 rings (SSSR count). The molecular weight excluding hydrogens is 168 g/mol. The van der Waals surface area contributed by atoms with Gasteiger partial charge < -0.3 is 9.84 Å². The molecule has 1 aliphatic carbocycles. The number of aliphatic carboxylic acids is 1. The zero-order chi connectivity index (χ0) is 9.84. The predicted molar refractivity (Wildman–Crippen MR) is 49.6 cm³/mol. The molecule has 0 aromatic rings. The van der Waals surface area contributed by atoms with Gasteiger partial charge in [-0.25, -0.2) is 4.79 Å². The van der Waals surface area contributed by atoms with Crippen LogP contribution in [0, 0.1) is 11.8 Å². The molecule has 0 radical (unpaired) electrons. The minimum absolute atomic E-state index is 0.404. The summed E-state index contributed by atoms with van der Waals surface area (Å²) < 4.78 is 5.32. The summed E-state index contributed by atoms with van der Waals surface area (Å²) in [5.74, 6) is 0.196. The van der Waals surface area contributed by atoms with Crippen LogP contribution in [0.5, 0.6) is 0 Å². The van der Waals surface area contributed by atoms with Gasteiger partial charge in [0.15, 0.2) is 6.10 Å². The summed E-state index contributed by atoms with van der Waals surface area (Å²) in [5.41, 5.74) is 0. The van der Waals surface area contributed by atoms with Gasteiger partial charge in [-0.3, -0.25) is 0 Å². The summed E-state index contributed by atoms with van der Waals surface area (Å²) in [5, 5.41) is 8.84. The second-order valence-corrected chi connectivity index (χ2v) is 4.23. The highest BCUT2D eigenvalue weighted by molar-refractivity contribution is 5.72. The van der Waals surface area contributed by atoms with Gasteiger partial charge in [-0.1, -0.05) is 26.7 Å². The molecule has 1 N–H and O–H groups in total. The van der Waals surface area contributed by atoms with Gasteiger partial charge in [0.05, 0.1) is 6.61 Å². The maximum Gasteiger partial charge on any atom is 0.332 e. The first-order valence-electron chi connectivity index (χ1n) is 4.94. The molecule has 0 bridgehead atoms. The molecule has 0 spiro atoms. The van der Waals surface area contributed by atoms with E-state index in [0.29, 0.717) is 24.9 Å². The molecule has 3 nitrogen and oxygen atoms in total. The molecule has 0 aliphatic heterocycles. The van der Waals surface area contributed by atoms with E-state index in [1.165, 1.54) is 12.8 Å². The Morgan fingerprint density at radius 1 is 1.54 bits per heavy atom. The Morgan fingerprint density at radius 2 is 2.15 bits per heavy atom. The lowest BCUT2D eigenvalue weighted by Crippen LogP contribution is -2.26. The van der Waals surface area contributed by atoms with Crippen LogP contribution >= 0.6 is 0 Å². The molecule has 3 heteroatoms. The smallest absolute Gasteiger partial charge is 0.332 e. The number of carbonyl (C=O) groups is 1. The van der Waals surface area contributed by atoms with Gasteiger partial charge in [0.25, 0.3) is 0 Å². The van der Waals surface area contributed by atoms with Crippen molar-refractivity contribution < 1.29 is 14.6 Å². The zero-order valence-electron chi connectivity index (χ0n) is 8.32. The first-order valence-corrected chi connectivity index (χ1v) is 4.94. The Hall–Kier alpha value is -0.570. The highest BCUT2D eigenvalue weighted by Gasteiger charge is 2.29. The lowest BCUT2D eigenvalue weighted by atomic mass is 10.2. The average Bonchev–Trinajstić information content (AvgIpc) is 2.80. The van der Waals surface area contributed by atoms with Crippen LogP contribution in [-0.2, 0) is 9.53 Å². The van der Waals surface area contributed by atoms with Crippen LogP contribution in [0.3, 0.4) is 0 Å². The summed E-state index contributed by atoms with van der Waals surface area (Å²) in [6, 6.07) is 0. The van der Waals surface area contributed by atoms with Gasteiger partial charge in [0, 0.05) is 0 Å². The lowest BCUT2D eigenvalue weighted by Gasteiger charge is -2.14. The lowest BCUT2D eigenvalue weighted by molar-refractivity contribution is -0.151. The van der Waals surface area contributed by atoms with E-state index < -0.39 is 12.1 Å². The molecule has 1 aliphatic rings. The maximum absolute atomic E-state index is 10.8. The molecule has 0 saturated heterocycles. The van der Waals surface area contributed by atoms with Crippen molar-refractivity contribution in [3.8, 4) is 0 Å². The van der Waals surface area contributed by atoms with E-state index in [2.05, 4.69) is 0 Å². The van der Waals surface area contributed by atoms with Crippen LogP contribution in [0.25, 0.3) is 0 Å². The molecule has 1 atom stereocenters. The molecule has 76 valence electrons. The standard InChI is InChI=1S/C10H18O3/c1-7(2)6-13-9(10(11)12)5-8-3-4-8/h7-9H,3-6H2,1-2H3,(H,11,12). The summed E-state index contributed by atoms with van der Waals surface area (Å²) in [7, 11) is 0. The molecule has 1 fully saturated rings. The molecule has 0 heterocycles. The molecule has 13 heavy (non-hydrogen) atoms.